The zero-order valence-electron chi connectivity index (χ0n) is 11.5. The highest BCUT2D eigenvalue weighted by Gasteiger charge is 2.26. The minimum Gasteiger partial charge on any atom is -0.480 e. The average molecular weight is 283 g/mol. The second kappa shape index (κ2) is 6.18. The molecule has 0 radical (unpaired) electrons. The van der Waals surface area contributed by atoms with Gasteiger partial charge in [0.15, 0.2) is 5.69 Å². The molecular weight excluding hydrogens is 266 g/mol. The predicted octanol–water partition coefficient (Wildman–Crippen LogP) is 1.16. The van der Waals surface area contributed by atoms with Crippen molar-refractivity contribution in [2.24, 2.45) is 13.0 Å². The van der Waals surface area contributed by atoms with Crippen molar-refractivity contribution in [3.63, 3.8) is 0 Å². The first-order valence-electron chi connectivity index (χ1n) is 6.07. The van der Waals surface area contributed by atoms with Crippen LogP contribution in [-0.4, -0.2) is 32.5 Å². The van der Waals surface area contributed by atoms with E-state index < -0.39 is 22.8 Å². The molecule has 0 bridgehead atoms. The van der Waals surface area contributed by atoms with Crippen LogP contribution in [-0.2, 0) is 11.8 Å². The molecule has 20 heavy (non-hydrogen) atoms. The third-order valence-corrected chi connectivity index (χ3v) is 2.83. The molecule has 110 valence electrons. The van der Waals surface area contributed by atoms with Gasteiger partial charge in [-0.3, -0.25) is 4.79 Å². The first-order valence-corrected chi connectivity index (χ1v) is 6.07. The fourth-order valence-corrected chi connectivity index (χ4v) is 1.84. The highest BCUT2D eigenvalue weighted by atomic mass is 16.6. The molecule has 0 unspecified atom stereocenters. The maximum Gasteiger partial charge on any atom is 0.326 e. The molecule has 1 amide bonds. The van der Waals surface area contributed by atoms with Crippen molar-refractivity contribution in [3.8, 4) is 0 Å². The van der Waals surface area contributed by atoms with Gasteiger partial charge in [-0.25, -0.2) is 9.36 Å². The Hall–Kier alpha value is -2.38. The molecule has 1 atom stereocenters. The Balaban J connectivity index is 2.89. The first-order chi connectivity index (χ1) is 9.23. The number of carboxylic acids is 1. The topological polar surface area (TPSA) is 114 Å². The maximum absolute atomic E-state index is 12.0. The fourth-order valence-electron chi connectivity index (χ4n) is 1.84. The van der Waals surface area contributed by atoms with Crippen LogP contribution in [0.15, 0.2) is 12.1 Å². The summed E-state index contributed by atoms with van der Waals surface area (Å²) in [5.74, 6) is -1.91. The third kappa shape index (κ3) is 3.56. The summed E-state index contributed by atoms with van der Waals surface area (Å²) < 4.78 is 1.11. The molecule has 1 aromatic rings. The highest BCUT2D eigenvalue weighted by molar-refractivity contribution is 5.95. The van der Waals surface area contributed by atoms with Crippen LogP contribution in [0.3, 0.4) is 0 Å². The Bertz CT molecular complexity index is 535. The highest BCUT2D eigenvalue weighted by Crippen LogP contribution is 2.15. The molecule has 0 aliphatic carbocycles. The van der Waals surface area contributed by atoms with Crippen molar-refractivity contribution in [2.45, 2.75) is 26.3 Å². The summed E-state index contributed by atoms with van der Waals surface area (Å²) in [6.45, 7) is 3.69. The van der Waals surface area contributed by atoms with Crippen LogP contribution in [0.2, 0.25) is 0 Å². The Kier molecular flexibility index (Phi) is 4.84. The number of nitrogens with zero attached hydrogens (tertiary/aromatic N) is 2. The second-order valence-electron chi connectivity index (χ2n) is 4.89. The van der Waals surface area contributed by atoms with Crippen molar-refractivity contribution in [1.82, 2.24) is 9.88 Å². The predicted molar refractivity (Wildman–Crippen MR) is 70.4 cm³/mol. The molecule has 1 rings (SSSR count). The molecule has 0 aliphatic rings. The molecule has 0 aromatic carbocycles. The molecule has 0 aliphatic heterocycles. The van der Waals surface area contributed by atoms with Crippen LogP contribution in [0, 0.1) is 16.0 Å². The van der Waals surface area contributed by atoms with Crippen LogP contribution in [0.4, 0.5) is 5.82 Å². The molecule has 8 nitrogen and oxygen atoms in total. The standard InChI is InChI=1S/C12H17N3O5/c1-7(2)6-8(12(17)18)13-11(16)9-4-5-10(14(9)3)15(19)20/h4-5,7-8H,6H2,1-3H3,(H,13,16)(H,17,18)/t8-/m0/s1. The van der Waals surface area contributed by atoms with Gasteiger partial charge in [0.25, 0.3) is 5.91 Å². The van der Waals surface area contributed by atoms with Gasteiger partial charge >= 0.3 is 11.8 Å². The van der Waals surface area contributed by atoms with Gasteiger partial charge in [-0.05, 0) is 23.3 Å². The quantitative estimate of drug-likeness (QED) is 0.600. The van der Waals surface area contributed by atoms with Crippen molar-refractivity contribution < 1.29 is 19.6 Å². The molecule has 0 spiro atoms. The SMILES string of the molecule is CC(C)C[C@H](NC(=O)c1ccc([N+](=O)[O-])n1C)C(=O)O. The van der Waals surface area contributed by atoms with E-state index in [1.165, 1.54) is 19.2 Å². The summed E-state index contributed by atoms with van der Waals surface area (Å²) in [7, 11) is 1.38. The van der Waals surface area contributed by atoms with Crippen molar-refractivity contribution in [3.05, 3.63) is 27.9 Å². The van der Waals surface area contributed by atoms with E-state index in [-0.39, 0.29) is 23.9 Å². The molecule has 8 heteroatoms. The Morgan fingerprint density at radius 3 is 2.45 bits per heavy atom. The van der Waals surface area contributed by atoms with Crippen LogP contribution in [0.1, 0.15) is 30.8 Å². The lowest BCUT2D eigenvalue weighted by atomic mass is 10.0. The summed E-state index contributed by atoms with van der Waals surface area (Å²) >= 11 is 0. The van der Waals surface area contributed by atoms with Crippen molar-refractivity contribution in [1.29, 1.82) is 0 Å². The van der Waals surface area contributed by atoms with E-state index in [4.69, 9.17) is 5.11 Å². The molecule has 1 heterocycles. The number of carboxylic acid groups (broad SMARTS) is 1. The van der Waals surface area contributed by atoms with Crippen LogP contribution in [0.5, 0.6) is 0 Å². The van der Waals surface area contributed by atoms with Gasteiger partial charge in [-0.2, -0.15) is 0 Å². The number of rotatable bonds is 6. The largest absolute Gasteiger partial charge is 0.480 e. The summed E-state index contributed by atoms with van der Waals surface area (Å²) in [6, 6.07) is 1.48. The number of aliphatic carboxylic acids is 1. The lowest BCUT2D eigenvalue weighted by molar-refractivity contribution is -0.391. The van der Waals surface area contributed by atoms with Gasteiger partial charge in [0, 0.05) is 6.07 Å². The monoisotopic (exact) mass is 283 g/mol. The first kappa shape index (κ1) is 15.7. The lowest BCUT2D eigenvalue weighted by Gasteiger charge is -2.15. The van der Waals surface area contributed by atoms with Crippen LogP contribution < -0.4 is 5.32 Å². The van der Waals surface area contributed by atoms with Gasteiger partial charge in [0.2, 0.25) is 0 Å². The minimum atomic E-state index is -1.13. The number of nitro groups is 1. The second-order valence-corrected chi connectivity index (χ2v) is 4.89. The zero-order valence-corrected chi connectivity index (χ0v) is 11.5. The number of amides is 1. The molecule has 0 saturated carbocycles. The van der Waals surface area contributed by atoms with Gasteiger partial charge < -0.3 is 20.5 Å². The Morgan fingerprint density at radius 1 is 1.45 bits per heavy atom. The van der Waals surface area contributed by atoms with Crippen LogP contribution >= 0.6 is 0 Å². The van der Waals surface area contributed by atoms with Crippen molar-refractivity contribution >= 4 is 17.7 Å². The zero-order chi connectivity index (χ0) is 15.4. The Labute approximate surface area is 115 Å². The molecular formula is C12H17N3O5. The normalized spacial score (nSPS) is 12.2. The van der Waals surface area contributed by atoms with Gasteiger partial charge in [-0.1, -0.05) is 13.8 Å². The average Bonchev–Trinajstić information content (AvgIpc) is 2.69. The minimum absolute atomic E-state index is 0.0479. The number of hydrogen-bond acceptors (Lipinski definition) is 4. The van der Waals surface area contributed by atoms with Gasteiger partial charge in [0.05, 0.1) is 7.05 Å². The summed E-state index contributed by atoms with van der Waals surface area (Å²) in [4.78, 5) is 33.1. The number of carbonyl (C=O) groups excluding carboxylic acids is 1. The van der Waals surface area contributed by atoms with E-state index in [2.05, 4.69) is 5.32 Å². The number of hydrogen-bond donors (Lipinski definition) is 2. The van der Waals surface area contributed by atoms with E-state index in [0.29, 0.717) is 0 Å². The fraction of sp³-hybridized carbons (Fsp3) is 0.500. The number of nitrogens with one attached hydrogen (secondary N) is 1. The summed E-state index contributed by atoms with van der Waals surface area (Å²) in [5, 5.41) is 22.1. The number of carbonyl (C=O) groups is 2. The molecule has 0 fully saturated rings. The summed E-state index contributed by atoms with van der Waals surface area (Å²) in [5.41, 5.74) is 0.0479. The lowest BCUT2D eigenvalue weighted by Crippen LogP contribution is -2.42. The molecule has 0 saturated heterocycles. The smallest absolute Gasteiger partial charge is 0.326 e. The maximum atomic E-state index is 12.0. The van der Waals surface area contributed by atoms with Crippen LogP contribution in [0.25, 0.3) is 0 Å². The molecule has 2 N–H and O–H groups in total. The number of aromatic nitrogens is 1. The van der Waals surface area contributed by atoms with Crippen molar-refractivity contribution in [2.75, 3.05) is 0 Å². The van der Waals surface area contributed by atoms with Gasteiger partial charge in [-0.15, -0.1) is 0 Å². The Morgan fingerprint density at radius 2 is 2.05 bits per heavy atom. The van der Waals surface area contributed by atoms with E-state index in [0.717, 1.165) is 4.57 Å². The van der Waals surface area contributed by atoms with E-state index in [1.54, 1.807) is 0 Å². The summed E-state index contributed by atoms with van der Waals surface area (Å²) in [6.07, 6.45) is 0.285. The van der Waals surface area contributed by atoms with Gasteiger partial charge in [0.1, 0.15) is 6.04 Å². The molecule has 1 aromatic heterocycles. The van der Waals surface area contributed by atoms with E-state index >= 15 is 0 Å². The van der Waals surface area contributed by atoms with E-state index in [9.17, 15) is 19.7 Å². The third-order valence-electron chi connectivity index (χ3n) is 2.83. The van der Waals surface area contributed by atoms with E-state index in [1.807, 2.05) is 13.8 Å².